The van der Waals surface area contributed by atoms with Crippen LogP contribution in [-0.4, -0.2) is 138 Å². The molecule has 4 fully saturated rings. The Balaban J connectivity index is 0.691. The first kappa shape index (κ1) is 52.8. The number of nitrogens with one attached hydrogen (secondary N) is 2. The summed E-state index contributed by atoms with van der Waals surface area (Å²) in [5, 5.41) is 7.42. The molecule has 3 aromatic carbocycles. The zero-order chi connectivity index (χ0) is 52.4. The van der Waals surface area contributed by atoms with E-state index in [4.69, 9.17) is 31.0 Å². The summed E-state index contributed by atoms with van der Waals surface area (Å²) in [4.78, 5) is 56.9. The lowest BCUT2D eigenvalue weighted by Gasteiger charge is -2.40. The van der Waals surface area contributed by atoms with E-state index < -0.39 is 14.1 Å². The quantitative estimate of drug-likeness (QED) is 0.0513. The van der Waals surface area contributed by atoms with Crippen LogP contribution in [0.25, 0.3) is 33.2 Å². The third-order valence-electron chi connectivity index (χ3n) is 16.4. The maximum Gasteiger partial charge on any atom is 0.253 e. The molecule has 2 N–H and O–H groups in total. The van der Waals surface area contributed by atoms with Gasteiger partial charge < -0.3 is 33.7 Å². The smallest absolute Gasteiger partial charge is 0.253 e. The Labute approximate surface area is 447 Å². The fourth-order valence-electron chi connectivity index (χ4n) is 11.8. The lowest BCUT2D eigenvalue weighted by atomic mass is 9.88. The number of amides is 3. The first-order chi connectivity index (χ1) is 36.2. The average Bonchev–Trinajstić information content (AvgIpc) is 3.95. The second-order valence-corrected chi connectivity index (χ2v) is 28.6. The van der Waals surface area contributed by atoms with Crippen molar-refractivity contribution in [2.24, 2.45) is 13.0 Å². The minimum Gasteiger partial charge on any atom is -0.377 e. The molecule has 17 heteroatoms. The number of pyridine rings is 1. The number of fused-ring (bicyclic) bond motifs is 2. The minimum absolute atomic E-state index is 0.140. The third-order valence-corrected chi connectivity index (χ3v) is 18.4. The lowest BCUT2D eigenvalue weighted by Crippen LogP contribution is -2.49. The van der Waals surface area contributed by atoms with E-state index in [1.54, 1.807) is 7.11 Å². The lowest BCUT2D eigenvalue weighted by molar-refractivity contribution is -0.133. The predicted octanol–water partition coefficient (Wildman–Crippen LogP) is 9.53. The van der Waals surface area contributed by atoms with E-state index in [-0.39, 0.29) is 23.8 Å². The van der Waals surface area contributed by atoms with Crippen LogP contribution < -0.4 is 15.5 Å². The van der Waals surface area contributed by atoms with E-state index >= 15 is 0 Å². The van der Waals surface area contributed by atoms with Gasteiger partial charge in [0.05, 0.1) is 21.7 Å². The highest BCUT2D eigenvalue weighted by Gasteiger charge is 2.31. The van der Waals surface area contributed by atoms with Crippen molar-refractivity contribution in [2.45, 2.75) is 102 Å². The Bertz CT molecular complexity index is 3000. The number of imidazole rings is 1. The highest BCUT2D eigenvalue weighted by Crippen LogP contribution is 2.38. The van der Waals surface area contributed by atoms with Crippen LogP contribution in [0, 0.1) is 5.92 Å². The molecule has 4 aliphatic heterocycles. The second kappa shape index (κ2) is 22.9. The van der Waals surface area contributed by atoms with Gasteiger partial charge in [-0.15, -0.1) is 0 Å². The number of methoxy groups -OCH3 is 1. The Morgan fingerprint density at radius 2 is 1.65 bits per heavy atom. The Morgan fingerprint density at radius 1 is 0.893 bits per heavy atom. The topological polar surface area (TPSA) is 142 Å². The molecule has 0 bridgehead atoms. The maximum absolute atomic E-state index is 13.8. The zero-order valence-electron chi connectivity index (χ0n) is 44.7. The van der Waals surface area contributed by atoms with Crippen molar-refractivity contribution in [2.75, 3.05) is 82.8 Å². The second-order valence-electron chi connectivity index (χ2n) is 22.6. The van der Waals surface area contributed by atoms with Crippen molar-refractivity contribution in [3.63, 3.8) is 0 Å². The molecule has 0 radical (unpaired) electrons. The number of imide groups is 1. The molecule has 75 heavy (non-hydrogen) atoms. The number of likely N-dealkylation sites (tertiary alicyclic amines) is 2. The molecule has 10 rings (SSSR count). The van der Waals surface area contributed by atoms with E-state index in [9.17, 15) is 14.4 Å². The molecule has 0 spiro atoms. The van der Waals surface area contributed by atoms with Crippen LogP contribution in [0.3, 0.4) is 0 Å². The van der Waals surface area contributed by atoms with E-state index in [0.29, 0.717) is 43.0 Å². The number of benzene rings is 3. The van der Waals surface area contributed by atoms with Crippen LogP contribution in [0.1, 0.15) is 84.8 Å². The molecule has 398 valence electrons. The number of carbonyl (C=O) groups excluding carboxylic acids is 3. The van der Waals surface area contributed by atoms with Crippen molar-refractivity contribution < 1.29 is 23.9 Å². The number of piperazine rings is 1. The first-order valence-corrected chi connectivity index (χ1v) is 31.3. The van der Waals surface area contributed by atoms with Crippen molar-refractivity contribution in [3.05, 3.63) is 107 Å². The van der Waals surface area contributed by atoms with Crippen molar-refractivity contribution >= 4 is 70.8 Å². The van der Waals surface area contributed by atoms with Gasteiger partial charge in [-0.1, -0.05) is 49.4 Å². The normalized spacial score (nSPS) is 19.3. The van der Waals surface area contributed by atoms with Gasteiger partial charge in [0.2, 0.25) is 11.8 Å². The number of anilines is 2. The van der Waals surface area contributed by atoms with Gasteiger partial charge in [-0.05, 0) is 141 Å². The van der Waals surface area contributed by atoms with Gasteiger partial charge >= 0.3 is 0 Å². The largest absolute Gasteiger partial charge is 0.377 e. The molecule has 3 aromatic heterocycles. The molecule has 4 aliphatic rings. The fourth-order valence-corrected chi connectivity index (χ4v) is 12.8. The van der Waals surface area contributed by atoms with Crippen LogP contribution in [0.2, 0.25) is 30.7 Å². The minimum atomic E-state index is -1.21. The number of aryl methyl sites for hydroxylation is 1. The molecule has 7 heterocycles. The van der Waals surface area contributed by atoms with Gasteiger partial charge in [-0.25, -0.2) is 9.97 Å². The van der Waals surface area contributed by atoms with Gasteiger partial charge in [0, 0.05) is 116 Å². The highest BCUT2D eigenvalue weighted by molar-refractivity contribution is 6.76. The average molecular weight is 1060 g/mol. The van der Waals surface area contributed by atoms with E-state index in [1.165, 1.54) is 11.3 Å². The third kappa shape index (κ3) is 12.0. The van der Waals surface area contributed by atoms with E-state index in [0.717, 1.165) is 153 Å². The number of hydrogen-bond donors (Lipinski definition) is 2. The molecule has 4 saturated heterocycles. The number of rotatable bonds is 17. The summed E-state index contributed by atoms with van der Waals surface area (Å²) < 4.78 is 16.2. The summed E-state index contributed by atoms with van der Waals surface area (Å²) in [5.74, 6) is 1.51. The van der Waals surface area contributed by atoms with Crippen LogP contribution >= 0.6 is 11.6 Å². The first-order valence-electron chi connectivity index (χ1n) is 27.2. The van der Waals surface area contributed by atoms with Gasteiger partial charge in [0.25, 0.3) is 5.91 Å². The van der Waals surface area contributed by atoms with E-state index in [1.807, 2.05) is 24.4 Å². The molecule has 0 saturated carbocycles. The predicted molar refractivity (Wildman–Crippen MR) is 301 cm³/mol. The summed E-state index contributed by atoms with van der Waals surface area (Å²) in [7, 11) is 2.64. The fraction of sp³-hybridized carbons (Fsp3) is 0.500. The van der Waals surface area contributed by atoms with Crippen LogP contribution in [0.5, 0.6) is 0 Å². The van der Waals surface area contributed by atoms with Crippen molar-refractivity contribution in [3.8, 4) is 11.1 Å². The van der Waals surface area contributed by atoms with Gasteiger partial charge in [0.1, 0.15) is 30.9 Å². The number of ether oxygens (including phenoxy) is 2. The number of aromatic nitrogens is 4. The summed E-state index contributed by atoms with van der Waals surface area (Å²) in [5.41, 5.74) is 10.4. The molecule has 2 atom stereocenters. The van der Waals surface area contributed by atoms with Crippen LogP contribution in [-0.2, 0) is 39.4 Å². The standard InChI is InChI=1S/C58H75ClN10O5Si/c1-39(52-35-47-46(17-22-60-56(47)64(52)2)44-11-13-49-53(33-44)69(54(62-49)37-73-3)38-74-31-32-75(4,5)6)66-25-20-42(21-26-66)41-7-9-43(10-8-41)58(72)68-23-18-40(19-24-68)36-65-27-29-67(30-28-65)51-15-12-45(34-48(51)59)61-50-14-16-55(70)63-57(50)71/h7-13,15,17,22,33-35,39-40,42,50,61H,14,16,18-21,23-32,36-38H2,1-6H3,(H,63,70,71)/t39-,50?/m0/s1. The maximum atomic E-state index is 13.8. The molecule has 15 nitrogen and oxygen atoms in total. The summed E-state index contributed by atoms with van der Waals surface area (Å²) in [6.45, 7) is 19.4. The molecular weight excluding hydrogens is 980 g/mol. The van der Waals surface area contributed by atoms with Gasteiger partial charge in [0.15, 0.2) is 0 Å². The number of nitrogens with zero attached hydrogens (tertiary/aromatic N) is 8. The number of piperidine rings is 3. The highest BCUT2D eigenvalue weighted by atomic mass is 35.5. The molecule has 1 unspecified atom stereocenters. The molecule has 3 amide bonds. The summed E-state index contributed by atoms with van der Waals surface area (Å²) in [6.07, 6.45) is 6.89. The number of halogens is 1. The SMILES string of the molecule is COCc1nc2ccc(-c3ccnc4c3cc([C@H](C)N3CCC(c5ccc(C(=O)N6CCC(CN7CCN(c8ccc(NC9CCC(=O)NC9=O)cc8Cl)CC7)CC6)cc5)CC3)n4C)cc2n1COCC[Si](C)(C)C. The van der Waals surface area contributed by atoms with Gasteiger partial charge in [-0.2, -0.15) is 0 Å². The number of hydrogen-bond acceptors (Lipinski definition) is 11. The summed E-state index contributed by atoms with van der Waals surface area (Å²) in [6, 6.07) is 26.2. The molecule has 0 aliphatic carbocycles. The van der Waals surface area contributed by atoms with E-state index in [2.05, 4.69) is 128 Å². The molecule has 6 aromatic rings. The zero-order valence-corrected chi connectivity index (χ0v) is 46.5. The number of carbonyl (C=O) groups is 3. The van der Waals surface area contributed by atoms with Gasteiger partial charge in [-0.3, -0.25) is 29.5 Å². The summed E-state index contributed by atoms with van der Waals surface area (Å²) >= 11 is 6.76. The monoisotopic (exact) mass is 1050 g/mol. The Morgan fingerprint density at radius 3 is 2.36 bits per heavy atom. The van der Waals surface area contributed by atoms with Crippen molar-refractivity contribution in [1.82, 2.24) is 39.1 Å². The molecular formula is C58H75ClN10O5Si. The van der Waals surface area contributed by atoms with Crippen LogP contribution in [0.4, 0.5) is 11.4 Å². The Kier molecular flexibility index (Phi) is 16.1. The van der Waals surface area contributed by atoms with Crippen molar-refractivity contribution in [1.29, 1.82) is 0 Å². The Hall–Kier alpha value is -5.62. The van der Waals surface area contributed by atoms with Crippen LogP contribution in [0.15, 0.2) is 79.0 Å².